The highest BCUT2D eigenvalue weighted by Crippen LogP contribution is 2.15. The van der Waals surface area contributed by atoms with Crippen molar-refractivity contribution in [2.75, 3.05) is 26.2 Å². The third kappa shape index (κ3) is 5.60. The standard InChI is InChI=1S/C26H32N4O3/c1-20-9-7-15-28(17-20)16-8-14-27-24(31)19-30-23-13-6-5-12-22(23)29(25(32)26(30)33)18-21-10-3-2-4-11-21/h2-6,10-13,20H,7-9,14-19H2,1H3,(H,27,31)/t20-/m1/s1. The average Bonchev–Trinajstić information content (AvgIpc) is 2.83. The van der Waals surface area contributed by atoms with Crippen molar-refractivity contribution in [3.63, 3.8) is 0 Å². The topological polar surface area (TPSA) is 76.3 Å². The molecule has 0 unspecified atom stereocenters. The van der Waals surface area contributed by atoms with Crippen molar-refractivity contribution in [1.82, 2.24) is 19.4 Å². The van der Waals surface area contributed by atoms with Gasteiger partial charge in [0.25, 0.3) is 0 Å². The molecule has 1 amide bonds. The summed E-state index contributed by atoms with van der Waals surface area (Å²) in [4.78, 5) is 40.9. The summed E-state index contributed by atoms with van der Waals surface area (Å²) in [6, 6.07) is 16.8. The molecule has 1 atom stereocenters. The summed E-state index contributed by atoms with van der Waals surface area (Å²) in [6.07, 6.45) is 3.40. The number of para-hydroxylation sites is 2. The molecule has 0 spiro atoms. The highest BCUT2D eigenvalue weighted by Gasteiger charge is 2.17. The van der Waals surface area contributed by atoms with Gasteiger partial charge in [0.2, 0.25) is 5.91 Å². The van der Waals surface area contributed by atoms with Crippen LogP contribution in [0.5, 0.6) is 0 Å². The van der Waals surface area contributed by atoms with Crippen LogP contribution in [-0.4, -0.2) is 46.1 Å². The van der Waals surface area contributed by atoms with Gasteiger partial charge in [0.1, 0.15) is 6.54 Å². The van der Waals surface area contributed by atoms with Gasteiger partial charge < -0.3 is 10.2 Å². The maximum Gasteiger partial charge on any atom is 0.317 e. The molecule has 1 aliphatic rings. The van der Waals surface area contributed by atoms with E-state index in [4.69, 9.17) is 0 Å². The van der Waals surface area contributed by atoms with E-state index in [1.54, 1.807) is 6.07 Å². The number of carbonyl (C=O) groups is 1. The third-order valence-electron chi connectivity index (χ3n) is 6.34. The summed E-state index contributed by atoms with van der Waals surface area (Å²) < 4.78 is 2.78. The molecule has 0 radical (unpaired) electrons. The van der Waals surface area contributed by atoms with Crippen LogP contribution in [0.25, 0.3) is 11.0 Å². The van der Waals surface area contributed by atoms with Crippen LogP contribution in [0.15, 0.2) is 64.2 Å². The third-order valence-corrected chi connectivity index (χ3v) is 6.34. The van der Waals surface area contributed by atoms with Crippen molar-refractivity contribution in [2.24, 2.45) is 5.92 Å². The summed E-state index contributed by atoms with van der Waals surface area (Å²) in [7, 11) is 0. The lowest BCUT2D eigenvalue weighted by Gasteiger charge is -2.30. The summed E-state index contributed by atoms with van der Waals surface area (Å²) in [6.45, 7) is 6.18. The summed E-state index contributed by atoms with van der Waals surface area (Å²) in [5.74, 6) is 0.479. The molecule has 33 heavy (non-hydrogen) atoms. The highest BCUT2D eigenvalue weighted by atomic mass is 16.2. The van der Waals surface area contributed by atoms with Crippen molar-refractivity contribution in [3.8, 4) is 0 Å². The van der Waals surface area contributed by atoms with Crippen LogP contribution in [0.2, 0.25) is 0 Å². The molecule has 3 aromatic rings. The Morgan fingerprint density at radius 1 is 0.970 bits per heavy atom. The number of nitrogens with one attached hydrogen (secondary N) is 1. The molecule has 4 rings (SSSR count). The molecule has 1 saturated heterocycles. The van der Waals surface area contributed by atoms with E-state index >= 15 is 0 Å². The van der Waals surface area contributed by atoms with Crippen LogP contribution < -0.4 is 16.4 Å². The number of amides is 1. The molecule has 7 heteroatoms. The van der Waals surface area contributed by atoms with Crippen LogP contribution in [0, 0.1) is 5.92 Å². The van der Waals surface area contributed by atoms with Crippen molar-refractivity contribution in [2.45, 2.75) is 39.3 Å². The predicted molar refractivity (Wildman–Crippen MR) is 130 cm³/mol. The van der Waals surface area contributed by atoms with Crippen molar-refractivity contribution < 1.29 is 4.79 Å². The van der Waals surface area contributed by atoms with E-state index in [1.807, 2.05) is 48.5 Å². The molecule has 1 aromatic heterocycles. The van der Waals surface area contributed by atoms with E-state index in [0.717, 1.165) is 37.5 Å². The van der Waals surface area contributed by atoms with E-state index < -0.39 is 11.1 Å². The summed E-state index contributed by atoms with van der Waals surface area (Å²) in [5, 5.41) is 2.91. The summed E-state index contributed by atoms with van der Waals surface area (Å²) >= 11 is 0. The quantitative estimate of drug-likeness (QED) is 0.424. The van der Waals surface area contributed by atoms with E-state index in [0.29, 0.717) is 24.1 Å². The van der Waals surface area contributed by atoms with Gasteiger partial charge in [-0.1, -0.05) is 49.4 Å². The monoisotopic (exact) mass is 448 g/mol. The molecule has 1 aliphatic heterocycles. The molecule has 2 aromatic carbocycles. The van der Waals surface area contributed by atoms with Gasteiger partial charge >= 0.3 is 11.1 Å². The number of nitrogens with zero attached hydrogens (tertiary/aromatic N) is 3. The number of hydrogen-bond donors (Lipinski definition) is 1. The van der Waals surface area contributed by atoms with Gasteiger partial charge in [0, 0.05) is 13.1 Å². The number of carbonyl (C=O) groups excluding carboxylic acids is 1. The number of piperidine rings is 1. The van der Waals surface area contributed by atoms with Crippen LogP contribution >= 0.6 is 0 Å². The first-order chi connectivity index (χ1) is 16.0. The highest BCUT2D eigenvalue weighted by molar-refractivity contribution is 5.80. The zero-order valence-electron chi connectivity index (χ0n) is 19.2. The number of aromatic nitrogens is 2. The molecule has 0 aliphatic carbocycles. The largest absolute Gasteiger partial charge is 0.355 e. The van der Waals surface area contributed by atoms with Crippen molar-refractivity contribution in [3.05, 3.63) is 80.9 Å². The smallest absolute Gasteiger partial charge is 0.317 e. The first kappa shape index (κ1) is 23.0. The Morgan fingerprint density at radius 3 is 2.36 bits per heavy atom. The molecule has 2 heterocycles. The zero-order chi connectivity index (χ0) is 23.2. The maximum atomic E-state index is 12.9. The normalized spacial score (nSPS) is 16.7. The van der Waals surface area contributed by atoms with E-state index in [-0.39, 0.29) is 12.5 Å². The minimum atomic E-state index is -0.679. The van der Waals surface area contributed by atoms with Gasteiger partial charge in [-0.05, 0) is 56.0 Å². The SMILES string of the molecule is C[C@@H]1CCCN(CCCNC(=O)Cn2c(=O)c(=O)n(Cc3ccccc3)c3ccccc32)C1. The van der Waals surface area contributed by atoms with Gasteiger partial charge in [-0.25, -0.2) is 0 Å². The Morgan fingerprint density at radius 2 is 1.64 bits per heavy atom. The first-order valence-corrected chi connectivity index (χ1v) is 11.8. The number of fused-ring (bicyclic) bond motifs is 1. The van der Waals surface area contributed by atoms with Crippen LogP contribution in [-0.2, 0) is 17.9 Å². The Balaban J connectivity index is 1.46. The zero-order valence-corrected chi connectivity index (χ0v) is 19.2. The average molecular weight is 449 g/mol. The molecule has 0 bridgehead atoms. The van der Waals surface area contributed by atoms with Crippen LogP contribution in [0.4, 0.5) is 0 Å². The van der Waals surface area contributed by atoms with E-state index in [1.165, 1.54) is 22.0 Å². The van der Waals surface area contributed by atoms with Gasteiger partial charge in [0.15, 0.2) is 0 Å². The van der Waals surface area contributed by atoms with Crippen LogP contribution in [0.3, 0.4) is 0 Å². The maximum absolute atomic E-state index is 12.9. The van der Waals surface area contributed by atoms with Gasteiger partial charge in [-0.3, -0.25) is 23.5 Å². The second-order valence-corrected chi connectivity index (χ2v) is 9.01. The second kappa shape index (κ2) is 10.6. The fourth-order valence-electron chi connectivity index (χ4n) is 4.67. The number of rotatable bonds is 8. The lowest BCUT2D eigenvalue weighted by Crippen LogP contribution is -2.44. The lowest BCUT2D eigenvalue weighted by atomic mass is 10.0. The Hall–Kier alpha value is -3.19. The second-order valence-electron chi connectivity index (χ2n) is 9.01. The predicted octanol–water partition coefficient (Wildman–Crippen LogP) is 2.45. The number of benzene rings is 2. The van der Waals surface area contributed by atoms with Gasteiger partial charge in [-0.15, -0.1) is 0 Å². The Kier molecular flexibility index (Phi) is 7.40. The Labute approximate surface area is 193 Å². The molecular formula is C26H32N4O3. The fourth-order valence-corrected chi connectivity index (χ4v) is 4.67. The van der Waals surface area contributed by atoms with Gasteiger partial charge in [0.05, 0.1) is 17.6 Å². The van der Waals surface area contributed by atoms with E-state index in [2.05, 4.69) is 17.1 Å². The minimum absolute atomic E-state index is 0.165. The van der Waals surface area contributed by atoms with E-state index in [9.17, 15) is 14.4 Å². The molecule has 1 fully saturated rings. The molecule has 1 N–H and O–H groups in total. The van der Waals surface area contributed by atoms with Crippen molar-refractivity contribution >= 4 is 16.9 Å². The number of likely N-dealkylation sites (tertiary alicyclic amines) is 1. The Bertz CT molecular complexity index is 1220. The van der Waals surface area contributed by atoms with Crippen molar-refractivity contribution in [1.29, 1.82) is 0 Å². The van der Waals surface area contributed by atoms with Gasteiger partial charge in [-0.2, -0.15) is 0 Å². The fraction of sp³-hybridized carbons (Fsp3) is 0.423. The molecule has 0 saturated carbocycles. The lowest BCUT2D eigenvalue weighted by molar-refractivity contribution is -0.121. The molecular weight excluding hydrogens is 416 g/mol. The number of hydrogen-bond acceptors (Lipinski definition) is 4. The summed E-state index contributed by atoms with van der Waals surface area (Å²) in [5.41, 5.74) is 0.850. The molecule has 7 nitrogen and oxygen atoms in total. The molecule has 174 valence electrons. The minimum Gasteiger partial charge on any atom is -0.355 e. The first-order valence-electron chi connectivity index (χ1n) is 11.8. The van der Waals surface area contributed by atoms with Crippen LogP contribution in [0.1, 0.15) is 31.7 Å².